The first-order valence-corrected chi connectivity index (χ1v) is 16.6. The van der Waals surface area contributed by atoms with E-state index < -0.39 is 11.9 Å². The third kappa shape index (κ3) is 7.61. The minimum absolute atomic E-state index is 0. The molecule has 16 atom stereocenters. The molecule has 44 heavy (non-hydrogen) atoms. The molecule has 16 unspecified atom stereocenters. The van der Waals surface area contributed by atoms with Crippen molar-refractivity contribution in [2.45, 2.75) is 127 Å². The van der Waals surface area contributed by atoms with Gasteiger partial charge in [0.1, 0.15) is 0 Å². The van der Waals surface area contributed by atoms with Crippen LogP contribution in [0.4, 0.5) is 0 Å². The van der Waals surface area contributed by atoms with Crippen molar-refractivity contribution < 1.29 is 49.3 Å². The third-order valence-corrected chi connectivity index (χ3v) is 12.5. The van der Waals surface area contributed by atoms with Crippen LogP contribution >= 0.6 is 0 Å². The van der Waals surface area contributed by atoms with Crippen molar-refractivity contribution in [1.29, 1.82) is 0 Å². The summed E-state index contributed by atoms with van der Waals surface area (Å²) in [5.41, 5.74) is 0. The molecular formula is C34H54ClFeN4O4. The van der Waals surface area contributed by atoms with Crippen molar-refractivity contribution in [3.05, 3.63) is 35.9 Å². The molecule has 0 saturated carbocycles. The number of aliphatic carboxylic acids is 2. The van der Waals surface area contributed by atoms with Crippen molar-refractivity contribution in [3.63, 3.8) is 0 Å². The topological polar surface area (TPSA) is 127 Å². The van der Waals surface area contributed by atoms with Crippen molar-refractivity contribution in [2.24, 2.45) is 47.3 Å². The van der Waals surface area contributed by atoms with Gasteiger partial charge in [-0.25, -0.2) is 0 Å². The maximum Gasteiger partial charge on any atom is 3.00 e. The van der Waals surface area contributed by atoms with Gasteiger partial charge in [-0.2, -0.15) is 0 Å². The second-order valence-electron chi connectivity index (χ2n) is 14.5. The van der Waals surface area contributed by atoms with Crippen LogP contribution in [0.25, 0.3) is 10.6 Å². The molecule has 0 aromatic carbocycles. The van der Waals surface area contributed by atoms with E-state index >= 15 is 0 Å². The fourth-order valence-corrected chi connectivity index (χ4v) is 9.93. The van der Waals surface area contributed by atoms with E-state index in [1.54, 1.807) is 0 Å². The van der Waals surface area contributed by atoms with E-state index in [0.717, 1.165) is 25.7 Å². The summed E-state index contributed by atoms with van der Waals surface area (Å²) in [7, 11) is 0. The van der Waals surface area contributed by atoms with Crippen LogP contribution in [-0.4, -0.2) is 70.5 Å². The van der Waals surface area contributed by atoms with Gasteiger partial charge in [0.25, 0.3) is 0 Å². The number of halogens is 1. The average Bonchev–Trinajstić information content (AvgIpc) is 3.59. The minimum Gasteiger partial charge on any atom is -1.00 e. The zero-order chi connectivity index (χ0) is 30.3. The van der Waals surface area contributed by atoms with Crippen LogP contribution in [0.5, 0.6) is 0 Å². The van der Waals surface area contributed by atoms with Gasteiger partial charge in [0.05, 0.1) is 0 Å². The van der Waals surface area contributed by atoms with Gasteiger partial charge in [-0.15, -0.1) is 37.3 Å². The van der Waals surface area contributed by atoms with Gasteiger partial charge < -0.3 is 43.9 Å². The number of hydrogen-bond acceptors (Lipinski definition) is 4. The van der Waals surface area contributed by atoms with Crippen LogP contribution in [0.1, 0.15) is 79.1 Å². The summed E-state index contributed by atoms with van der Waals surface area (Å²) in [4.78, 5) is 23.3. The van der Waals surface area contributed by atoms with E-state index in [-0.39, 0.29) is 90.4 Å². The quantitative estimate of drug-likeness (QED) is 0.232. The number of carbonyl (C=O) groups is 2. The Balaban J connectivity index is 0.00000264. The van der Waals surface area contributed by atoms with Crippen LogP contribution in [0.2, 0.25) is 0 Å². The summed E-state index contributed by atoms with van der Waals surface area (Å²) in [6, 6.07) is 1.83. The molecule has 5 aliphatic rings. The standard InChI is InChI=1S/C34H54N4O4.ClH.Fe/c1-7-21-17(3)25-13-26-19(5)23(9-11-33(39)40)31(37-26)16-32-24(10-12-34(41)42)20(6)28(38-32)15-30-22(8-2)18(4)27(36-30)14-29(21)35-25;;/h7-8,17-32,36-37H,1-2,9-16H2,3-6H3,(H,39,40)(H,41,42);1H;/q-2;;+3/p-1. The summed E-state index contributed by atoms with van der Waals surface area (Å²) < 4.78 is 0. The maximum absolute atomic E-state index is 11.6. The first-order chi connectivity index (χ1) is 20.0. The molecule has 0 amide bonds. The van der Waals surface area contributed by atoms with Gasteiger partial charge >= 0.3 is 29.0 Å². The molecule has 1 radical (unpaired) electrons. The number of rotatable bonds is 8. The number of nitrogens with zero attached hydrogens (tertiary/aromatic N) is 2. The molecule has 5 aliphatic heterocycles. The molecule has 0 spiro atoms. The van der Waals surface area contributed by atoms with E-state index in [1.807, 2.05) is 0 Å². The van der Waals surface area contributed by atoms with Crippen LogP contribution in [0.15, 0.2) is 25.3 Å². The van der Waals surface area contributed by atoms with Crippen LogP contribution in [-0.2, 0) is 26.7 Å². The molecule has 0 aliphatic carbocycles. The summed E-state index contributed by atoms with van der Waals surface area (Å²) in [6.45, 7) is 17.7. The normalized spacial score (nSPS) is 46.5. The predicted molar refractivity (Wildman–Crippen MR) is 167 cm³/mol. The summed E-state index contributed by atoms with van der Waals surface area (Å²) in [6.07, 6.45) is 9.62. The first kappa shape index (κ1) is 37.5. The van der Waals surface area contributed by atoms with E-state index in [9.17, 15) is 19.8 Å². The van der Waals surface area contributed by atoms with Crippen LogP contribution in [0.3, 0.4) is 0 Å². The van der Waals surface area contributed by atoms with E-state index in [0.29, 0.717) is 60.4 Å². The van der Waals surface area contributed by atoms with E-state index in [1.165, 1.54) is 0 Å². The van der Waals surface area contributed by atoms with Gasteiger partial charge in [0.15, 0.2) is 0 Å². The number of carboxylic acids is 2. The third-order valence-electron chi connectivity index (χ3n) is 12.5. The minimum atomic E-state index is -0.749. The molecule has 10 heteroatoms. The molecule has 5 fully saturated rings. The smallest absolute Gasteiger partial charge is 1.00 e. The largest absolute Gasteiger partial charge is 3.00 e. The predicted octanol–water partition coefficient (Wildman–Crippen LogP) is 2.60. The number of fused-ring (bicyclic) bond motifs is 8. The molecule has 0 aromatic rings. The Bertz CT molecular complexity index is 1020. The van der Waals surface area contributed by atoms with Crippen LogP contribution < -0.4 is 23.0 Å². The molecule has 5 rings (SSSR count). The Hall–Kier alpha value is -0.931. The molecule has 249 valence electrons. The molecule has 5 heterocycles. The molecule has 0 aromatic heterocycles. The Labute approximate surface area is 281 Å². The summed E-state index contributed by atoms with van der Waals surface area (Å²) in [5, 5.41) is 38.0. The Morgan fingerprint density at radius 1 is 0.659 bits per heavy atom. The van der Waals surface area contributed by atoms with Gasteiger partial charge in [-0.3, -0.25) is 9.59 Å². The molecule has 8 bridgehead atoms. The number of hydrogen-bond donors (Lipinski definition) is 4. The van der Waals surface area contributed by atoms with E-state index in [4.69, 9.17) is 10.6 Å². The van der Waals surface area contributed by atoms with Crippen molar-refractivity contribution in [2.75, 3.05) is 0 Å². The van der Waals surface area contributed by atoms with Crippen molar-refractivity contribution in [1.82, 2.24) is 10.6 Å². The zero-order valence-corrected chi connectivity index (χ0v) is 28.7. The second-order valence-corrected chi connectivity index (χ2v) is 14.5. The Kier molecular flexibility index (Phi) is 13.5. The first-order valence-electron chi connectivity index (χ1n) is 16.6. The molecule has 5 saturated heterocycles. The summed E-state index contributed by atoms with van der Waals surface area (Å²) >= 11 is 0. The fourth-order valence-electron chi connectivity index (χ4n) is 9.93. The summed E-state index contributed by atoms with van der Waals surface area (Å²) in [5.74, 6) is 1.21. The van der Waals surface area contributed by atoms with Crippen molar-refractivity contribution in [3.8, 4) is 0 Å². The zero-order valence-electron chi connectivity index (χ0n) is 26.8. The van der Waals surface area contributed by atoms with Gasteiger partial charge in [0.2, 0.25) is 0 Å². The van der Waals surface area contributed by atoms with Gasteiger partial charge in [-0.1, -0.05) is 83.3 Å². The monoisotopic (exact) mass is 673 g/mol. The Morgan fingerprint density at radius 2 is 1.14 bits per heavy atom. The maximum atomic E-state index is 11.6. The SMILES string of the molecule is C=CC1C2CC3NC(CC4[N-]C(CC5NC(CC([N-]2)C1C)C(C)C5CCC(=O)O)C(CCC(=O)O)C4C)C(C=C)C3C.[Cl-].[Fe+3]. The number of carboxylic acid groups (broad SMARTS) is 2. The molecule has 8 nitrogen and oxygen atoms in total. The average molecular weight is 674 g/mol. The van der Waals surface area contributed by atoms with Gasteiger partial charge in [0, 0.05) is 37.0 Å². The second kappa shape index (κ2) is 15.8. The van der Waals surface area contributed by atoms with E-state index in [2.05, 4.69) is 63.6 Å². The molecule has 4 N–H and O–H groups in total. The Morgan fingerprint density at radius 3 is 1.75 bits per heavy atom. The number of nitrogens with one attached hydrogen (secondary N) is 2. The van der Waals surface area contributed by atoms with Crippen LogP contribution in [0, 0.1) is 47.3 Å². The molecular weight excluding hydrogens is 620 g/mol. The van der Waals surface area contributed by atoms with Gasteiger partial charge in [-0.05, 0) is 42.4 Å². The van der Waals surface area contributed by atoms with Crippen molar-refractivity contribution >= 4 is 11.9 Å². The fraction of sp³-hybridized carbons (Fsp3) is 0.824.